The number of nitrogens with zero attached hydrogens (tertiary/aromatic N) is 4. The van der Waals surface area contributed by atoms with Gasteiger partial charge in [0.2, 0.25) is 5.91 Å². The number of rotatable bonds is 5. The van der Waals surface area contributed by atoms with E-state index in [1.165, 1.54) is 47.1 Å². The Morgan fingerprint density at radius 1 is 1.16 bits per heavy atom. The van der Waals surface area contributed by atoms with Crippen molar-refractivity contribution in [3.8, 4) is 5.69 Å². The molecule has 0 unspecified atom stereocenters. The zero-order valence-corrected chi connectivity index (χ0v) is 18.1. The van der Waals surface area contributed by atoms with E-state index in [0.717, 1.165) is 0 Å². The van der Waals surface area contributed by atoms with E-state index in [0.29, 0.717) is 29.4 Å². The lowest BCUT2D eigenvalue weighted by atomic mass is 10.1. The first-order valence-corrected chi connectivity index (χ1v) is 11.5. The molecule has 11 heteroatoms. The molecule has 1 heterocycles. The number of halogens is 2. The van der Waals surface area contributed by atoms with Gasteiger partial charge in [-0.2, -0.15) is 4.68 Å². The van der Waals surface area contributed by atoms with Crippen molar-refractivity contribution in [2.75, 3.05) is 5.32 Å². The van der Waals surface area contributed by atoms with Crippen LogP contribution in [0.15, 0.2) is 47.4 Å². The minimum Gasteiger partial charge on any atom is -0.322 e. The predicted molar refractivity (Wildman–Crippen MR) is 112 cm³/mol. The fourth-order valence-corrected chi connectivity index (χ4v) is 6.04. The number of tetrazole rings is 1. The molecule has 2 aromatic carbocycles. The van der Waals surface area contributed by atoms with Gasteiger partial charge in [-0.1, -0.05) is 24.4 Å². The SMILES string of the molecule is Cc1nnnn1-c1ccc(F)c(NC(=O)C2(S(=O)(=O)c3ccc(Cl)cc3)CCCC2)c1. The highest BCUT2D eigenvalue weighted by Crippen LogP contribution is 2.42. The van der Waals surface area contributed by atoms with Crippen LogP contribution < -0.4 is 5.32 Å². The lowest BCUT2D eigenvalue weighted by Crippen LogP contribution is -2.47. The van der Waals surface area contributed by atoms with Crippen molar-refractivity contribution >= 4 is 33.0 Å². The zero-order valence-electron chi connectivity index (χ0n) is 16.5. The van der Waals surface area contributed by atoms with E-state index in [2.05, 4.69) is 20.8 Å². The maximum atomic E-state index is 14.5. The van der Waals surface area contributed by atoms with Crippen LogP contribution in [0.4, 0.5) is 10.1 Å². The van der Waals surface area contributed by atoms with E-state index in [4.69, 9.17) is 11.6 Å². The summed E-state index contributed by atoms with van der Waals surface area (Å²) in [5.41, 5.74) is 0.287. The number of hydrogen-bond acceptors (Lipinski definition) is 6. The monoisotopic (exact) mass is 463 g/mol. The number of carbonyl (C=O) groups excluding carboxylic acids is 1. The number of aryl methyl sites for hydroxylation is 1. The summed E-state index contributed by atoms with van der Waals surface area (Å²) in [5, 5.41) is 14.1. The van der Waals surface area contributed by atoms with E-state index in [-0.39, 0.29) is 23.4 Å². The Balaban J connectivity index is 1.71. The van der Waals surface area contributed by atoms with Gasteiger partial charge in [-0.25, -0.2) is 12.8 Å². The topological polar surface area (TPSA) is 107 Å². The fourth-order valence-electron chi connectivity index (χ4n) is 3.85. The Morgan fingerprint density at radius 3 is 2.45 bits per heavy atom. The summed E-state index contributed by atoms with van der Waals surface area (Å²) < 4.78 is 41.1. The van der Waals surface area contributed by atoms with Crippen molar-refractivity contribution in [3.63, 3.8) is 0 Å². The number of aromatic nitrogens is 4. The van der Waals surface area contributed by atoms with Gasteiger partial charge in [-0.3, -0.25) is 4.79 Å². The lowest BCUT2D eigenvalue weighted by molar-refractivity contribution is -0.118. The molecule has 1 N–H and O–H groups in total. The molecule has 0 atom stereocenters. The largest absolute Gasteiger partial charge is 0.322 e. The molecule has 8 nitrogen and oxygen atoms in total. The van der Waals surface area contributed by atoms with E-state index in [1.807, 2.05) is 0 Å². The molecule has 0 bridgehead atoms. The number of hydrogen-bond donors (Lipinski definition) is 1. The minimum atomic E-state index is -4.04. The standard InChI is InChI=1S/C20H19ClFN5O3S/c1-13-24-25-26-27(13)15-6-9-17(22)18(12-15)23-19(28)20(10-2-3-11-20)31(29,30)16-7-4-14(21)5-8-16/h4-9,12H,2-3,10-11H2,1H3,(H,23,28). The summed E-state index contributed by atoms with van der Waals surface area (Å²) in [7, 11) is -4.04. The van der Waals surface area contributed by atoms with Gasteiger partial charge in [0, 0.05) is 5.02 Å². The quantitative estimate of drug-likeness (QED) is 0.620. The van der Waals surface area contributed by atoms with Gasteiger partial charge in [0.05, 0.1) is 16.3 Å². The molecule has 0 spiro atoms. The summed E-state index contributed by atoms with van der Waals surface area (Å²) in [4.78, 5) is 13.3. The summed E-state index contributed by atoms with van der Waals surface area (Å²) in [6.45, 7) is 1.67. The van der Waals surface area contributed by atoms with Crippen LogP contribution in [-0.2, 0) is 14.6 Å². The molecule has 1 aliphatic rings. The summed E-state index contributed by atoms with van der Waals surface area (Å²) in [5.74, 6) is -0.981. The molecular formula is C20H19ClFN5O3S. The van der Waals surface area contributed by atoms with Gasteiger partial charge in [-0.15, -0.1) is 5.10 Å². The molecule has 1 aliphatic carbocycles. The van der Waals surface area contributed by atoms with Gasteiger partial charge in [0.15, 0.2) is 20.4 Å². The van der Waals surface area contributed by atoms with Crippen LogP contribution in [0.1, 0.15) is 31.5 Å². The van der Waals surface area contributed by atoms with Gasteiger partial charge in [0.1, 0.15) is 5.82 Å². The fraction of sp³-hybridized carbons (Fsp3) is 0.300. The average Bonchev–Trinajstić information content (AvgIpc) is 3.40. The molecular weight excluding hydrogens is 445 g/mol. The number of carbonyl (C=O) groups is 1. The van der Waals surface area contributed by atoms with Crippen LogP contribution in [0.25, 0.3) is 5.69 Å². The summed E-state index contributed by atoms with van der Waals surface area (Å²) in [6, 6.07) is 9.69. The highest BCUT2D eigenvalue weighted by atomic mass is 35.5. The number of anilines is 1. The van der Waals surface area contributed by atoms with Crippen LogP contribution in [-0.4, -0.2) is 39.3 Å². The second-order valence-corrected chi connectivity index (χ2v) is 10.1. The van der Waals surface area contributed by atoms with Gasteiger partial charge in [0.25, 0.3) is 0 Å². The Bertz CT molecular complexity index is 1240. The van der Waals surface area contributed by atoms with Crippen LogP contribution in [0.3, 0.4) is 0 Å². The highest BCUT2D eigenvalue weighted by Gasteiger charge is 2.53. The molecule has 162 valence electrons. The zero-order chi connectivity index (χ0) is 22.2. The Labute approximate surface area is 183 Å². The third kappa shape index (κ3) is 3.70. The third-order valence-electron chi connectivity index (χ3n) is 5.53. The van der Waals surface area contributed by atoms with Crippen LogP contribution in [0.5, 0.6) is 0 Å². The maximum Gasteiger partial charge on any atom is 0.246 e. The number of nitrogens with one attached hydrogen (secondary N) is 1. The second kappa shape index (κ2) is 8.01. The smallest absolute Gasteiger partial charge is 0.246 e. The molecule has 1 aromatic heterocycles. The molecule has 1 saturated carbocycles. The number of benzene rings is 2. The van der Waals surface area contributed by atoms with E-state index < -0.39 is 26.3 Å². The molecule has 0 radical (unpaired) electrons. The van der Waals surface area contributed by atoms with E-state index in [1.54, 1.807) is 6.92 Å². The van der Waals surface area contributed by atoms with Crippen molar-refractivity contribution in [2.24, 2.45) is 0 Å². The molecule has 1 fully saturated rings. The Morgan fingerprint density at radius 2 is 1.84 bits per heavy atom. The van der Waals surface area contributed by atoms with Crippen molar-refractivity contribution in [2.45, 2.75) is 42.2 Å². The predicted octanol–water partition coefficient (Wildman–Crippen LogP) is 3.49. The first-order valence-electron chi connectivity index (χ1n) is 9.61. The van der Waals surface area contributed by atoms with Crippen LogP contribution in [0.2, 0.25) is 5.02 Å². The Hall–Kier alpha value is -2.85. The average molecular weight is 464 g/mol. The van der Waals surface area contributed by atoms with Gasteiger partial charge >= 0.3 is 0 Å². The molecule has 1 amide bonds. The summed E-state index contributed by atoms with van der Waals surface area (Å²) in [6.07, 6.45) is 1.45. The Kier molecular flexibility index (Phi) is 5.52. The van der Waals surface area contributed by atoms with Crippen molar-refractivity contribution < 1.29 is 17.6 Å². The van der Waals surface area contributed by atoms with E-state index in [9.17, 15) is 17.6 Å². The normalized spacial score (nSPS) is 15.7. The number of sulfone groups is 1. The second-order valence-electron chi connectivity index (χ2n) is 7.41. The van der Waals surface area contributed by atoms with Gasteiger partial charge in [-0.05, 0) is 72.7 Å². The van der Waals surface area contributed by atoms with E-state index >= 15 is 0 Å². The lowest BCUT2D eigenvalue weighted by Gasteiger charge is -2.28. The first-order chi connectivity index (χ1) is 14.7. The van der Waals surface area contributed by atoms with Crippen molar-refractivity contribution in [1.82, 2.24) is 20.2 Å². The number of amides is 1. The molecule has 31 heavy (non-hydrogen) atoms. The van der Waals surface area contributed by atoms with Crippen LogP contribution in [0, 0.1) is 12.7 Å². The van der Waals surface area contributed by atoms with Crippen LogP contribution >= 0.6 is 11.6 Å². The molecule has 4 rings (SSSR count). The maximum absolute atomic E-state index is 14.5. The van der Waals surface area contributed by atoms with Crippen molar-refractivity contribution in [1.29, 1.82) is 0 Å². The molecule has 3 aromatic rings. The first kappa shape index (κ1) is 21.4. The molecule has 0 saturated heterocycles. The van der Waals surface area contributed by atoms with Gasteiger partial charge < -0.3 is 5.32 Å². The molecule has 0 aliphatic heterocycles. The third-order valence-corrected chi connectivity index (χ3v) is 8.30. The highest BCUT2D eigenvalue weighted by molar-refractivity contribution is 7.93. The van der Waals surface area contributed by atoms with Crippen molar-refractivity contribution in [3.05, 3.63) is 59.1 Å². The minimum absolute atomic E-state index is 0.00693. The summed E-state index contributed by atoms with van der Waals surface area (Å²) >= 11 is 5.88.